The lowest BCUT2D eigenvalue weighted by molar-refractivity contribution is 0.584. The molecule has 0 N–H and O–H groups in total. The fraction of sp³-hybridized carbons (Fsp3) is 0.138. The predicted octanol–water partition coefficient (Wildman–Crippen LogP) is 15.3. The van der Waals surface area contributed by atoms with Crippen LogP contribution in [0.2, 0.25) is 0 Å². The van der Waals surface area contributed by atoms with E-state index in [4.69, 9.17) is 0 Å². The summed E-state index contributed by atoms with van der Waals surface area (Å²) in [7, 11) is 0. The highest BCUT2D eigenvalue weighted by molar-refractivity contribution is 6.04. The van der Waals surface area contributed by atoms with Crippen LogP contribution in [0.3, 0.4) is 0 Å². The van der Waals surface area contributed by atoms with E-state index in [1.165, 1.54) is 94.7 Å². The highest BCUT2D eigenvalue weighted by Crippen LogP contribution is 2.56. The second kappa shape index (κ2) is 13.6. The number of allylic oxidation sites excluding steroid dienone is 8. The number of nitrogens with zero attached hydrogens (tertiary/aromatic N) is 1. The average Bonchev–Trinajstić information content (AvgIpc) is 3.52. The molecule has 0 radical (unpaired) electrons. The van der Waals surface area contributed by atoms with Crippen molar-refractivity contribution in [3.8, 4) is 33.4 Å². The van der Waals surface area contributed by atoms with E-state index in [2.05, 4.69) is 215 Å². The van der Waals surface area contributed by atoms with Crippen molar-refractivity contribution in [3.63, 3.8) is 0 Å². The second-order valence-electron chi connectivity index (χ2n) is 17.0. The van der Waals surface area contributed by atoms with Crippen molar-refractivity contribution in [1.82, 2.24) is 0 Å². The largest absolute Gasteiger partial charge is 0.310 e. The first-order valence-electron chi connectivity index (χ1n) is 21.0. The van der Waals surface area contributed by atoms with E-state index in [1.807, 2.05) is 6.07 Å². The molecule has 0 aliphatic heterocycles. The number of hydrogen-bond acceptors (Lipinski definition) is 1. The molecule has 2 unspecified atom stereocenters. The summed E-state index contributed by atoms with van der Waals surface area (Å²) < 4.78 is 0. The van der Waals surface area contributed by atoms with Gasteiger partial charge in [0.1, 0.15) is 0 Å². The van der Waals surface area contributed by atoms with E-state index in [9.17, 15) is 0 Å². The fourth-order valence-corrected chi connectivity index (χ4v) is 10.7. The van der Waals surface area contributed by atoms with Gasteiger partial charge in [-0.3, -0.25) is 0 Å². The molecule has 7 aromatic rings. The minimum absolute atomic E-state index is 0.0960. The van der Waals surface area contributed by atoms with Crippen molar-refractivity contribution < 1.29 is 0 Å². The summed E-state index contributed by atoms with van der Waals surface area (Å²) >= 11 is 0. The third kappa shape index (κ3) is 5.47. The standard InChI is InChI=1S/C58H45N/c1-5-38-35-43-17-13-21-49-47-34-29-42(36-51(47)55(38)37(2)46-18-9-10-19-48(46)56(43)49)41-27-32-45(33-28-41)59(44-30-25-40(26-31-44)39-15-7-6-8-16-39)54-24-14-23-53-57(54)50-20-11-12-22-52(50)58(53,3)4/h5-8,10-17,19-34,36,43,56H,35H2,1-4H3/b38-5-,55-37-. The van der Waals surface area contributed by atoms with Crippen LogP contribution in [-0.4, -0.2) is 0 Å². The second-order valence-corrected chi connectivity index (χ2v) is 17.0. The molecule has 0 saturated carbocycles. The van der Waals surface area contributed by atoms with E-state index in [1.54, 1.807) is 0 Å². The van der Waals surface area contributed by atoms with Crippen molar-refractivity contribution in [2.75, 3.05) is 4.90 Å². The van der Waals surface area contributed by atoms with Gasteiger partial charge in [0.2, 0.25) is 0 Å². The predicted molar refractivity (Wildman–Crippen MR) is 248 cm³/mol. The highest BCUT2D eigenvalue weighted by atomic mass is 15.1. The maximum Gasteiger partial charge on any atom is 0.0543 e. The molecule has 5 aliphatic carbocycles. The monoisotopic (exact) mass is 755 g/mol. The summed E-state index contributed by atoms with van der Waals surface area (Å²) in [6.45, 7) is 9.22. The van der Waals surface area contributed by atoms with E-state index in [-0.39, 0.29) is 11.3 Å². The Morgan fingerprint density at radius 1 is 0.661 bits per heavy atom. The van der Waals surface area contributed by atoms with Crippen LogP contribution in [0.1, 0.15) is 73.4 Å². The first-order valence-corrected chi connectivity index (χ1v) is 21.0. The lowest BCUT2D eigenvalue weighted by Crippen LogP contribution is -2.23. The summed E-state index contributed by atoms with van der Waals surface area (Å²) in [4.78, 5) is 2.45. The Balaban J connectivity index is 1.05. The minimum Gasteiger partial charge on any atom is -0.310 e. The minimum atomic E-state index is -0.0960. The van der Waals surface area contributed by atoms with Gasteiger partial charge in [0.25, 0.3) is 0 Å². The smallest absolute Gasteiger partial charge is 0.0543 e. The molecule has 12 rings (SSSR count). The van der Waals surface area contributed by atoms with Crippen LogP contribution in [0, 0.1) is 18.1 Å². The third-order valence-corrected chi connectivity index (χ3v) is 13.6. The normalized spacial score (nSPS) is 19.7. The van der Waals surface area contributed by atoms with Crippen LogP contribution in [0.4, 0.5) is 17.1 Å². The summed E-state index contributed by atoms with van der Waals surface area (Å²) in [5.41, 5.74) is 24.2. The van der Waals surface area contributed by atoms with Crippen molar-refractivity contribution in [3.05, 3.63) is 227 Å². The van der Waals surface area contributed by atoms with Crippen molar-refractivity contribution in [1.29, 1.82) is 0 Å². The van der Waals surface area contributed by atoms with Gasteiger partial charge in [0.15, 0.2) is 0 Å². The van der Waals surface area contributed by atoms with Gasteiger partial charge in [-0.15, -0.1) is 0 Å². The van der Waals surface area contributed by atoms with Gasteiger partial charge in [0.05, 0.1) is 5.69 Å². The molecule has 1 heteroatoms. The summed E-state index contributed by atoms with van der Waals surface area (Å²) in [5.74, 6) is 0.684. The van der Waals surface area contributed by atoms with Gasteiger partial charge in [-0.05, 0) is 153 Å². The van der Waals surface area contributed by atoms with Crippen LogP contribution in [0.15, 0.2) is 182 Å². The quantitative estimate of drug-likeness (QED) is 0.169. The molecule has 0 aromatic heterocycles. The summed E-state index contributed by atoms with van der Waals surface area (Å²) in [6, 6.07) is 63.1. The van der Waals surface area contributed by atoms with Crippen LogP contribution < -0.4 is 4.90 Å². The first-order chi connectivity index (χ1) is 28.9. The molecule has 0 heterocycles. The van der Waals surface area contributed by atoms with Crippen molar-refractivity contribution >= 4 is 33.8 Å². The molecule has 1 nitrogen and oxygen atoms in total. The molecule has 4 bridgehead atoms. The maximum atomic E-state index is 3.56. The Labute approximate surface area is 349 Å². The van der Waals surface area contributed by atoms with E-state index in [0.717, 1.165) is 17.8 Å². The zero-order chi connectivity index (χ0) is 39.8. The topological polar surface area (TPSA) is 3.24 Å². The Kier molecular flexibility index (Phi) is 8.14. The van der Waals surface area contributed by atoms with E-state index >= 15 is 0 Å². The van der Waals surface area contributed by atoms with Gasteiger partial charge in [-0.2, -0.15) is 0 Å². The summed E-state index contributed by atoms with van der Waals surface area (Å²) in [6.07, 6.45) is 10.4. The summed E-state index contributed by atoms with van der Waals surface area (Å²) in [5, 5.41) is 0. The Morgan fingerprint density at radius 3 is 2.10 bits per heavy atom. The van der Waals surface area contributed by atoms with Crippen molar-refractivity contribution in [2.24, 2.45) is 5.92 Å². The molecule has 5 aliphatic rings. The number of anilines is 3. The Bertz CT molecular complexity index is 2930. The molecule has 0 saturated heterocycles. The van der Waals surface area contributed by atoms with Gasteiger partial charge >= 0.3 is 0 Å². The van der Waals surface area contributed by atoms with Gasteiger partial charge in [-0.1, -0.05) is 153 Å². The van der Waals surface area contributed by atoms with Gasteiger partial charge in [0, 0.05) is 33.8 Å². The molecule has 0 spiro atoms. The van der Waals surface area contributed by atoms with Gasteiger partial charge < -0.3 is 4.90 Å². The molecular formula is C58H45N. The third-order valence-electron chi connectivity index (χ3n) is 13.6. The number of benzene rings is 6. The SMILES string of the molecule is C/C=C1/CC2C=CC=C3c4ccc(-c5ccc(N(c6ccc(-c7ccccc7)cc6)c6cccc7c6-c6ccccc6C7(C)C)cc5)cc4/C1=C(/C)c1c#cccc1C32. The average molecular weight is 756 g/mol. The number of rotatable bonds is 5. The number of hydrogen-bond donors (Lipinski definition) is 0. The molecule has 0 amide bonds. The van der Waals surface area contributed by atoms with E-state index < -0.39 is 0 Å². The zero-order valence-electron chi connectivity index (χ0n) is 34.1. The molecule has 0 fully saturated rings. The van der Waals surface area contributed by atoms with E-state index in [0.29, 0.717) is 5.92 Å². The molecule has 7 aromatic carbocycles. The Hall–Kier alpha value is -6.88. The molecule has 2 atom stereocenters. The molecule has 59 heavy (non-hydrogen) atoms. The molecular weight excluding hydrogens is 711 g/mol. The fourth-order valence-electron chi connectivity index (χ4n) is 10.7. The van der Waals surface area contributed by atoms with Gasteiger partial charge in [-0.25, -0.2) is 0 Å². The lowest BCUT2D eigenvalue weighted by Gasteiger charge is -2.39. The van der Waals surface area contributed by atoms with Crippen LogP contribution in [-0.2, 0) is 5.41 Å². The number of fused-ring (bicyclic) bond motifs is 4. The molecule has 282 valence electrons. The zero-order valence-corrected chi connectivity index (χ0v) is 34.1. The maximum absolute atomic E-state index is 3.56. The van der Waals surface area contributed by atoms with Crippen LogP contribution in [0.25, 0.3) is 50.1 Å². The van der Waals surface area contributed by atoms with Crippen LogP contribution >= 0.6 is 0 Å². The first kappa shape index (κ1) is 35.3. The Morgan fingerprint density at radius 2 is 1.34 bits per heavy atom. The van der Waals surface area contributed by atoms with Crippen molar-refractivity contribution in [2.45, 2.75) is 45.4 Å². The highest BCUT2D eigenvalue weighted by Gasteiger charge is 2.39. The van der Waals surface area contributed by atoms with Crippen LogP contribution in [0.5, 0.6) is 0 Å². The lowest BCUT2D eigenvalue weighted by atomic mass is 9.64.